The average molecular weight is 292 g/mol. The van der Waals surface area contributed by atoms with E-state index in [2.05, 4.69) is 22.4 Å². The molecule has 0 aliphatic carbocycles. The van der Waals surface area contributed by atoms with Crippen LogP contribution in [0.2, 0.25) is 5.02 Å². The Balaban J connectivity index is 2.33. The first-order valence-corrected chi connectivity index (χ1v) is 6.99. The molecule has 2 rings (SSSR count). The van der Waals surface area contributed by atoms with Crippen LogP contribution < -0.4 is 10.1 Å². The summed E-state index contributed by atoms with van der Waals surface area (Å²) in [6.07, 6.45) is 1.03. The standard InChI is InChI=1S/C15H18ClN3O/c1-3-10-17-15(11-6-4-5-7-12(11)16)13-8-9-14(20-2)19-18-13/h4-9,15,17H,3,10H2,1-2H3. The second-order valence-electron chi connectivity index (χ2n) is 4.41. The fourth-order valence-electron chi connectivity index (χ4n) is 1.96. The third-order valence-electron chi connectivity index (χ3n) is 2.98. The molecular weight excluding hydrogens is 274 g/mol. The number of hydrogen-bond acceptors (Lipinski definition) is 4. The van der Waals surface area contributed by atoms with Crippen LogP contribution in [0.1, 0.15) is 30.6 Å². The Morgan fingerprint density at radius 3 is 2.60 bits per heavy atom. The van der Waals surface area contributed by atoms with Gasteiger partial charge in [-0.05, 0) is 30.7 Å². The summed E-state index contributed by atoms with van der Waals surface area (Å²) in [6.45, 7) is 3.00. The van der Waals surface area contributed by atoms with Crippen molar-refractivity contribution in [2.45, 2.75) is 19.4 Å². The lowest BCUT2D eigenvalue weighted by molar-refractivity contribution is 0.390. The van der Waals surface area contributed by atoms with Gasteiger partial charge >= 0.3 is 0 Å². The van der Waals surface area contributed by atoms with Gasteiger partial charge in [-0.3, -0.25) is 0 Å². The zero-order chi connectivity index (χ0) is 14.4. The number of benzene rings is 1. The SMILES string of the molecule is CCCNC(c1ccc(OC)nn1)c1ccccc1Cl. The molecule has 1 aromatic carbocycles. The molecule has 106 valence electrons. The van der Waals surface area contributed by atoms with Gasteiger partial charge in [0.2, 0.25) is 5.88 Å². The minimum absolute atomic E-state index is 0.0675. The fourth-order valence-corrected chi connectivity index (χ4v) is 2.21. The van der Waals surface area contributed by atoms with Gasteiger partial charge in [0, 0.05) is 11.1 Å². The number of aromatic nitrogens is 2. The lowest BCUT2D eigenvalue weighted by atomic mass is 10.0. The molecule has 1 unspecified atom stereocenters. The van der Waals surface area contributed by atoms with Gasteiger partial charge in [-0.15, -0.1) is 10.2 Å². The van der Waals surface area contributed by atoms with Crippen LogP contribution in [0.4, 0.5) is 0 Å². The Labute approximate surface area is 124 Å². The van der Waals surface area contributed by atoms with Crippen molar-refractivity contribution in [1.82, 2.24) is 15.5 Å². The summed E-state index contributed by atoms with van der Waals surface area (Å²) in [5.41, 5.74) is 1.83. The van der Waals surface area contributed by atoms with Gasteiger partial charge in [-0.25, -0.2) is 0 Å². The van der Waals surface area contributed by atoms with E-state index in [1.165, 1.54) is 0 Å². The van der Waals surface area contributed by atoms with E-state index >= 15 is 0 Å². The molecule has 0 amide bonds. The molecule has 0 saturated heterocycles. The summed E-state index contributed by atoms with van der Waals surface area (Å²) in [7, 11) is 1.57. The third-order valence-corrected chi connectivity index (χ3v) is 3.32. The van der Waals surface area contributed by atoms with E-state index in [0.717, 1.165) is 29.2 Å². The van der Waals surface area contributed by atoms with E-state index in [4.69, 9.17) is 16.3 Å². The first-order valence-electron chi connectivity index (χ1n) is 6.61. The van der Waals surface area contributed by atoms with E-state index < -0.39 is 0 Å². The first-order chi connectivity index (χ1) is 9.76. The van der Waals surface area contributed by atoms with Gasteiger partial charge in [0.25, 0.3) is 0 Å². The highest BCUT2D eigenvalue weighted by molar-refractivity contribution is 6.31. The summed E-state index contributed by atoms with van der Waals surface area (Å²) in [5.74, 6) is 0.502. The molecule has 1 heterocycles. The Bertz CT molecular complexity index is 545. The zero-order valence-corrected chi connectivity index (χ0v) is 12.4. The molecule has 0 aliphatic heterocycles. The predicted molar refractivity (Wildman–Crippen MR) is 80.2 cm³/mol. The number of methoxy groups -OCH3 is 1. The molecule has 5 heteroatoms. The molecular formula is C15H18ClN3O. The minimum atomic E-state index is -0.0675. The van der Waals surface area contributed by atoms with Crippen LogP contribution in [0.3, 0.4) is 0 Å². The smallest absolute Gasteiger partial charge is 0.233 e. The molecule has 0 spiro atoms. The molecule has 2 aromatic rings. The van der Waals surface area contributed by atoms with Crippen LogP contribution in [0, 0.1) is 0 Å². The first kappa shape index (κ1) is 14.8. The monoisotopic (exact) mass is 291 g/mol. The Kier molecular flexibility index (Phi) is 5.32. The maximum atomic E-state index is 6.29. The normalized spacial score (nSPS) is 12.2. The summed E-state index contributed by atoms with van der Waals surface area (Å²) in [4.78, 5) is 0. The molecule has 0 bridgehead atoms. The van der Waals surface area contributed by atoms with Gasteiger partial charge < -0.3 is 10.1 Å². The number of ether oxygens (including phenoxy) is 1. The quantitative estimate of drug-likeness (QED) is 0.888. The van der Waals surface area contributed by atoms with Crippen molar-refractivity contribution in [2.24, 2.45) is 0 Å². The lowest BCUT2D eigenvalue weighted by Crippen LogP contribution is -2.24. The maximum Gasteiger partial charge on any atom is 0.233 e. The molecule has 1 aromatic heterocycles. The summed E-state index contributed by atoms with van der Waals surface area (Å²) >= 11 is 6.29. The minimum Gasteiger partial charge on any atom is -0.480 e. The zero-order valence-electron chi connectivity index (χ0n) is 11.6. The van der Waals surface area contributed by atoms with Crippen molar-refractivity contribution >= 4 is 11.6 Å². The topological polar surface area (TPSA) is 47.0 Å². The molecule has 1 N–H and O–H groups in total. The van der Waals surface area contributed by atoms with E-state index in [1.54, 1.807) is 13.2 Å². The van der Waals surface area contributed by atoms with Crippen LogP contribution >= 0.6 is 11.6 Å². The number of hydrogen-bond donors (Lipinski definition) is 1. The van der Waals surface area contributed by atoms with Crippen molar-refractivity contribution in [2.75, 3.05) is 13.7 Å². The predicted octanol–water partition coefficient (Wildman–Crippen LogP) is 3.23. The van der Waals surface area contributed by atoms with E-state index in [0.29, 0.717) is 5.88 Å². The summed E-state index contributed by atoms with van der Waals surface area (Å²) in [6, 6.07) is 11.4. The van der Waals surface area contributed by atoms with Crippen LogP contribution in [0.5, 0.6) is 5.88 Å². The Morgan fingerprint density at radius 2 is 2.00 bits per heavy atom. The highest BCUT2D eigenvalue weighted by Gasteiger charge is 2.17. The molecule has 0 saturated carbocycles. The molecule has 0 aliphatic rings. The number of nitrogens with zero attached hydrogens (tertiary/aromatic N) is 2. The molecule has 4 nitrogen and oxygen atoms in total. The van der Waals surface area contributed by atoms with Crippen molar-refractivity contribution in [3.63, 3.8) is 0 Å². The van der Waals surface area contributed by atoms with E-state index in [1.807, 2.05) is 30.3 Å². The third kappa shape index (κ3) is 3.46. The van der Waals surface area contributed by atoms with Crippen molar-refractivity contribution in [3.05, 3.63) is 52.7 Å². The Morgan fingerprint density at radius 1 is 1.20 bits per heavy atom. The van der Waals surface area contributed by atoms with Crippen molar-refractivity contribution < 1.29 is 4.74 Å². The maximum absolute atomic E-state index is 6.29. The van der Waals surface area contributed by atoms with Gasteiger partial charge in [-0.1, -0.05) is 36.7 Å². The second-order valence-corrected chi connectivity index (χ2v) is 4.82. The van der Waals surface area contributed by atoms with Crippen LogP contribution in [0.25, 0.3) is 0 Å². The lowest BCUT2D eigenvalue weighted by Gasteiger charge is -2.19. The Hall–Kier alpha value is -1.65. The van der Waals surface area contributed by atoms with Gasteiger partial charge in [-0.2, -0.15) is 0 Å². The molecule has 0 radical (unpaired) electrons. The van der Waals surface area contributed by atoms with Crippen molar-refractivity contribution in [3.8, 4) is 5.88 Å². The van der Waals surface area contributed by atoms with Gasteiger partial charge in [0.1, 0.15) is 0 Å². The van der Waals surface area contributed by atoms with Gasteiger partial charge in [0.05, 0.1) is 18.8 Å². The molecule has 0 fully saturated rings. The largest absolute Gasteiger partial charge is 0.480 e. The fraction of sp³-hybridized carbons (Fsp3) is 0.333. The highest BCUT2D eigenvalue weighted by Crippen LogP contribution is 2.27. The van der Waals surface area contributed by atoms with E-state index in [-0.39, 0.29) is 6.04 Å². The molecule has 1 atom stereocenters. The summed E-state index contributed by atoms with van der Waals surface area (Å²) in [5, 5.41) is 12.4. The van der Waals surface area contributed by atoms with Crippen molar-refractivity contribution in [1.29, 1.82) is 0 Å². The van der Waals surface area contributed by atoms with Crippen LogP contribution in [-0.2, 0) is 0 Å². The second kappa shape index (κ2) is 7.22. The number of nitrogens with one attached hydrogen (secondary N) is 1. The highest BCUT2D eigenvalue weighted by atomic mass is 35.5. The average Bonchev–Trinajstić information content (AvgIpc) is 2.50. The molecule has 20 heavy (non-hydrogen) atoms. The number of rotatable bonds is 6. The number of halogens is 1. The summed E-state index contributed by atoms with van der Waals surface area (Å²) < 4.78 is 5.04. The van der Waals surface area contributed by atoms with E-state index in [9.17, 15) is 0 Å². The van der Waals surface area contributed by atoms with Crippen LogP contribution in [-0.4, -0.2) is 23.9 Å². The van der Waals surface area contributed by atoms with Gasteiger partial charge in [0.15, 0.2) is 0 Å². The van der Waals surface area contributed by atoms with Crippen LogP contribution in [0.15, 0.2) is 36.4 Å².